The first-order valence-electron chi connectivity index (χ1n) is 4.84. The summed E-state index contributed by atoms with van der Waals surface area (Å²) in [7, 11) is 0. The maximum Gasteiger partial charge on any atom is 0.210 e. The Balaban J connectivity index is 2.44. The van der Waals surface area contributed by atoms with Crippen molar-refractivity contribution in [3.05, 3.63) is 29.3 Å². The predicted molar refractivity (Wildman–Crippen MR) is 50.0 cm³/mol. The van der Waals surface area contributed by atoms with E-state index in [9.17, 15) is 13.6 Å². The summed E-state index contributed by atoms with van der Waals surface area (Å²) in [5, 5.41) is 0. The Morgan fingerprint density at radius 2 is 2.00 bits per heavy atom. The summed E-state index contributed by atoms with van der Waals surface area (Å²) in [6.45, 7) is 1.88. The molecule has 4 heteroatoms. The van der Waals surface area contributed by atoms with Crippen LogP contribution in [0.1, 0.15) is 30.1 Å². The van der Waals surface area contributed by atoms with Crippen LogP contribution in [0.15, 0.2) is 12.1 Å². The zero-order valence-corrected chi connectivity index (χ0v) is 8.22. The molecule has 0 saturated heterocycles. The number of rotatable bonds is 2. The maximum absolute atomic E-state index is 13.3. The van der Waals surface area contributed by atoms with Crippen molar-refractivity contribution in [2.24, 2.45) is 0 Å². The first-order valence-corrected chi connectivity index (χ1v) is 4.84. The van der Waals surface area contributed by atoms with Crippen LogP contribution in [-0.4, -0.2) is 11.9 Å². The fourth-order valence-corrected chi connectivity index (χ4v) is 1.69. The van der Waals surface area contributed by atoms with Crippen LogP contribution >= 0.6 is 0 Å². The fourth-order valence-electron chi connectivity index (χ4n) is 1.69. The second-order valence-corrected chi connectivity index (χ2v) is 3.49. The van der Waals surface area contributed by atoms with Crippen LogP contribution in [-0.2, 0) is 0 Å². The molecule has 0 aliphatic carbocycles. The Morgan fingerprint density at radius 3 is 2.60 bits per heavy atom. The average Bonchev–Trinajstić information content (AvgIpc) is 2.53. The first kappa shape index (κ1) is 10.1. The van der Waals surface area contributed by atoms with Crippen LogP contribution < -0.4 is 4.74 Å². The van der Waals surface area contributed by atoms with Gasteiger partial charge in [-0.05, 0) is 18.6 Å². The lowest BCUT2D eigenvalue weighted by atomic mass is 10.0. The van der Waals surface area contributed by atoms with Crippen molar-refractivity contribution in [1.29, 1.82) is 0 Å². The summed E-state index contributed by atoms with van der Waals surface area (Å²) >= 11 is 0. The van der Waals surface area contributed by atoms with Gasteiger partial charge in [-0.3, -0.25) is 4.79 Å². The molecule has 0 bridgehead atoms. The van der Waals surface area contributed by atoms with Gasteiger partial charge in [0.1, 0.15) is 11.4 Å². The van der Waals surface area contributed by atoms with Crippen molar-refractivity contribution in [3.63, 3.8) is 0 Å². The minimum atomic E-state index is -0.726. The van der Waals surface area contributed by atoms with E-state index < -0.39 is 23.5 Å². The molecule has 1 aromatic rings. The van der Waals surface area contributed by atoms with Crippen LogP contribution in [0.4, 0.5) is 8.78 Å². The molecule has 0 fully saturated rings. The van der Waals surface area contributed by atoms with E-state index in [0.29, 0.717) is 6.42 Å². The quantitative estimate of drug-likeness (QED) is 0.753. The Hall–Kier alpha value is -1.45. The third kappa shape index (κ3) is 1.50. The molecular weight excluding hydrogens is 202 g/mol. The number of ether oxygens (including phenoxy) is 1. The monoisotopic (exact) mass is 212 g/mol. The normalized spacial score (nSPS) is 18.9. The standard InChI is InChI=1S/C11H10F2O2/c1-2-3-8-10(14)9-6(12)4-5-7(13)11(9)15-8/h4-5,8H,2-3H2,1H3. The molecule has 1 heterocycles. The Morgan fingerprint density at radius 1 is 1.33 bits per heavy atom. The second-order valence-electron chi connectivity index (χ2n) is 3.49. The van der Waals surface area contributed by atoms with Gasteiger partial charge in [0.05, 0.1) is 0 Å². The number of hydrogen-bond donors (Lipinski definition) is 0. The molecule has 0 aromatic heterocycles. The lowest BCUT2D eigenvalue weighted by molar-refractivity contribution is 0.0840. The van der Waals surface area contributed by atoms with Crippen LogP contribution in [0.2, 0.25) is 0 Å². The zero-order chi connectivity index (χ0) is 11.0. The molecule has 80 valence electrons. The van der Waals surface area contributed by atoms with Crippen LogP contribution in [0, 0.1) is 11.6 Å². The molecule has 0 spiro atoms. The number of ketones is 1. The van der Waals surface area contributed by atoms with Gasteiger partial charge in [0.2, 0.25) is 5.78 Å². The van der Waals surface area contributed by atoms with E-state index in [1.807, 2.05) is 6.92 Å². The average molecular weight is 212 g/mol. The highest BCUT2D eigenvalue weighted by Crippen LogP contribution is 2.34. The van der Waals surface area contributed by atoms with Crippen LogP contribution in [0.25, 0.3) is 0 Å². The molecule has 1 aromatic carbocycles. The van der Waals surface area contributed by atoms with Crippen molar-refractivity contribution >= 4 is 5.78 Å². The summed E-state index contributed by atoms with van der Waals surface area (Å²) in [5.74, 6) is -2.09. The third-order valence-electron chi connectivity index (χ3n) is 2.41. The Bertz CT molecular complexity index is 415. The van der Waals surface area contributed by atoms with E-state index >= 15 is 0 Å². The number of fused-ring (bicyclic) bond motifs is 1. The second kappa shape index (κ2) is 3.61. The minimum Gasteiger partial charge on any atom is -0.478 e. The number of carbonyl (C=O) groups is 1. The smallest absolute Gasteiger partial charge is 0.210 e. The van der Waals surface area contributed by atoms with E-state index in [0.717, 1.165) is 18.6 Å². The SMILES string of the molecule is CCCC1Oc2c(F)ccc(F)c2C1=O. The van der Waals surface area contributed by atoms with Gasteiger partial charge in [-0.15, -0.1) is 0 Å². The zero-order valence-electron chi connectivity index (χ0n) is 8.22. The van der Waals surface area contributed by atoms with Gasteiger partial charge in [0.25, 0.3) is 0 Å². The largest absolute Gasteiger partial charge is 0.478 e. The number of Topliss-reactive ketones (excluding diaryl/α,β-unsaturated/α-hetero) is 1. The first-order chi connectivity index (χ1) is 7.15. The summed E-state index contributed by atoms with van der Waals surface area (Å²) in [6.07, 6.45) is 0.483. The summed E-state index contributed by atoms with van der Waals surface area (Å²) in [6, 6.07) is 1.92. The molecule has 2 nitrogen and oxygen atoms in total. The lowest BCUT2D eigenvalue weighted by Gasteiger charge is -2.06. The molecule has 0 amide bonds. The van der Waals surface area contributed by atoms with Gasteiger partial charge < -0.3 is 4.74 Å². The van der Waals surface area contributed by atoms with Gasteiger partial charge >= 0.3 is 0 Å². The van der Waals surface area contributed by atoms with E-state index in [4.69, 9.17) is 4.74 Å². The summed E-state index contributed by atoms with van der Waals surface area (Å²) < 4.78 is 31.6. The number of hydrogen-bond acceptors (Lipinski definition) is 2. The molecule has 1 atom stereocenters. The van der Waals surface area contributed by atoms with Crippen LogP contribution in [0.5, 0.6) is 5.75 Å². The predicted octanol–water partition coefficient (Wildman–Crippen LogP) is 2.71. The van der Waals surface area contributed by atoms with E-state index in [2.05, 4.69) is 0 Å². The van der Waals surface area contributed by atoms with Gasteiger partial charge in [-0.1, -0.05) is 13.3 Å². The van der Waals surface area contributed by atoms with Crippen molar-refractivity contribution < 1.29 is 18.3 Å². The number of halogens is 2. The summed E-state index contributed by atoms with van der Waals surface area (Å²) in [4.78, 5) is 11.6. The van der Waals surface area contributed by atoms with Crippen molar-refractivity contribution in [2.75, 3.05) is 0 Å². The molecule has 0 radical (unpaired) electrons. The molecule has 1 unspecified atom stereocenters. The van der Waals surface area contributed by atoms with E-state index in [1.165, 1.54) is 0 Å². The fraction of sp³-hybridized carbons (Fsp3) is 0.364. The Labute approximate surface area is 85.9 Å². The van der Waals surface area contributed by atoms with Crippen LogP contribution in [0.3, 0.4) is 0 Å². The highest BCUT2D eigenvalue weighted by molar-refractivity contribution is 6.04. The van der Waals surface area contributed by atoms with E-state index in [-0.39, 0.29) is 11.3 Å². The maximum atomic E-state index is 13.3. The number of carbonyl (C=O) groups excluding carboxylic acids is 1. The third-order valence-corrected chi connectivity index (χ3v) is 2.41. The molecule has 0 saturated carbocycles. The van der Waals surface area contributed by atoms with Gasteiger partial charge in [0.15, 0.2) is 17.7 Å². The van der Waals surface area contributed by atoms with Crippen molar-refractivity contribution in [1.82, 2.24) is 0 Å². The van der Waals surface area contributed by atoms with Gasteiger partial charge in [0, 0.05) is 0 Å². The molecule has 2 rings (SSSR count). The molecule has 0 N–H and O–H groups in total. The van der Waals surface area contributed by atoms with Gasteiger partial charge in [-0.25, -0.2) is 8.78 Å². The van der Waals surface area contributed by atoms with E-state index in [1.54, 1.807) is 0 Å². The molecule has 1 aliphatic rings. The Kier molecular flexibility index (Phi) is 2.42. The molecular formula is C11H10F2O2. The highest BCUT2D eigenvalue weighted by Gasteiger charge is 2.36. The molecule has 15 heavy (non-hydrogen) atoms. The minimum absolute atomic E-state index is 0.238. The van der Waals surface area contributed by atoms with Crippen molar-refractivity contribution in [2.45, 2.75) is 25.9 Å². The lowest BCUT2D eigenvalue weighted by Crippen LogP contribution is -2.20. The topological polar surface area (TPSA) is 26.3 Å². The summed E-state index contributed by atoms with van der Waals surface area (Å²) in [5.41, 5.74) is -0.242. The van der Waals surface area contributed by atoms with Gasteiger partial charge in [-0.2, -0.15) is 0 Å². The van der Waals surface area contributed by atoms with Crippen molar-refractivity contribution in [3.8, 4) is 5.75 Å². The molecule has 1 aliphatic heterocycles. The highest BCUT2D eigenvalue weighted by atomic mass is 19.1. The number of benzene rings is 1.